The van der Waals surface area contributed by atoms with Gasteiger partial charge < -0.3 is 46.0 Å². The van der Waals surface area contributed by atoms with Gasteiger partial charge in [-0.25, -0.2) is 4.57 Å². The van der Waals surface area contributed by atoms with Crippen LogP contribution in [-0.2, 0) is 18.4 Å². The van der Waals surface area contributed by atoms with Gasteiger partial charge in [-0.05, 0) is 19.3 Å². The van der Waals surface area contributed by atoms with E-state index >= 15 is 0 Å². The Labute approximate surface area is 395 Å². The molecule has 1 rings (SSSR count). The fraction of sp³-hybridized carbons (Fsp3) is 0.941. The quantitative estimate of drug-likeness (QED) is 0.0158. The monoisotopic (exact) mass is 950 g/mol. The number of phosphoric ester groups is 1. The van der Waals surface area contributed by atoms with Crippen LogP contribution in [0.2, 0.25) is 0 Å². The number of allylic oxidation sites excluding steroid dienone is 1. The van der Waals surface area contributed by atoms with Gasteiger partial charge in [0.15, 0.2) is 0 Å². The van der Waals surface area contributed by atoms with E-state index in [0.717, 1.165) is 44.9 Å². The third-order valence-corrected chi connectivity index (χ3v) is 14.1. The van der Waals surface area contributed by atoms with Crippen LogP contribution in [-0.4, -0.2) is 108 Å². The van der Waals surface area contributed by atoms with Crippen LogP contribution in [0.15, 0.2) is 12.2 Å². The van der Waals surface area contributed by atoms with Gasteiger partial charge in [0, 0.05) is 0 Å². The maximum Gasteiger partial charge on any atom is 0.472 e. The second-order valence-corrected chi connectivity index (χ2v) is 20.7. The smallest absolute Gasteiger partial charge is 0.393 e. The minimum Gasteiger partial charge on any atom is -0.393 e. The van der Waals surface area contributed by atoms with Crippen molar-refractivity contribution in [3.05, 3.63) is 12.2 Å². The van der Waals surface area contributed by atoms with Crippen LogP contribution in [0.25, 0.3) is 0 Å². The van der Waals surface area contributed by atoms with Crippen molar-refractivity contribution in [2.75, 3.05) is 6.61 Å². The molecule has 0 spiro atoms. The third kappa shape index (κ3) is 32.5. The van der Waals surface area contributed by atoms with E-state index in [4.69, 9.17) is 9.05 Å². The highest BCUT2D eigenvalue weighted by molar-refractivity contribution is 7.47. The highest BCUT2D eigenvalue weighted by atomic mass is 31.2. The number of aliphatic hydroxyl groups is 7. The lowest BCUT2D eigenvalue weighted by Crippen LogP contribution is -2.64. The number of carbonyl (C=O) groups excluding carboxylic acids is 1. The molecule has 0 bridgehead atoms. The Bertz CT molecular complexity index is 1170. The molecule has 8 atom stereocenters. The van der Waals surface area contributed by atoms with Crippen molar-refractivity contribution in [2.24, 2.45) is 0 Å². The van der Waals surface area contributed by atoms with E-state index in [2.05, 4.69) is 19.2 Å². The van der Waals surface area contributed by atoms with Crippen LogP contribution in [0.3, 0.4) is 0 Å². The van der Waals surface area contributed by atoms with Crippen LogP contribution >= 0.6 is 7.82 Å². The van der Waals surface area contributed by atoms with Gasteiger partial charge in [-0.2, -0.15) is 0 Å². The molecular formula is C51H100NO12P. The minimum atomic E-state index is -5.14. The summed E-state index contributed by atoms with van der Waals surface area (Å²) in [6, 6.07) is -1.24. The first-order chi connectivity index (χ1) is 31.3. The van der Waals surface area contributed by atoms with Gasteiger partial charge >= 0.3 is 7.82 Å². The molecule has 0 aromatic heterocycles. The zero-order valence-electron chi connectivity index (χ0n) is 41.2. The van der Waals surface area contributed by atoms with Gasteiger partial charge in [0.1, 0.15) is 36.6 Å². The Morgan fingerprint density at radius 3 is 1.26 bits per heavy atom. The van der Waals surface area contributed by atoms with Crippen molar-refractivity contribution in [1.29, 1.82) is 0 Å². The summed E-state index contributed by atoms with van der Waals surface area (Å²) in [5.41, 5.74) is 0. The van der Waals surface area contributed by atoms with Crippen molar-refractivity contribution in [2.45, 2.75) is 300 Å². The molecule has 0 aromatic rings. The first kappa shape index (κ1) is 62.1. The summed E-state index contributed by atoms with van der Waals surface area (Å²) in [6.07, 6.45) is 31.5. The van der Waals surface area contributed by atoms with Crippen molar-refractivity contribution in [3.8, 4) is 0 Å². The summed E-state index contributed by atoms with van der Waals surface area (Å²) in [6.45, 7) is 3.78. The summed E-state index contributed by atoms with van der Waals surface area (Å²) in [5, 5.41) is 74.7. The van der Waals surface area contributed by atoms with E-state index in [1.165, 1.54) is 173 Å². The maximum absolute atomic E-state index is 13.0. The van der Waals surface area contributed by atoms with Crippen molar-refractivity contribution in [3.63, 3.8) is 0 Å². The van der Waals surface area contributed by atoms with Gasteiger partial charge in [0.25, 0.3) is 0 Å². The number of hydrogen-bond donors (Lipinski definition) is 9. The second kappa shape index (κ2) is 40.9. The van der Waals surface area contributed by atoms with E-state index < -0.39 is 75.2 Å². The number of amides is 1. The lowest BCUT2D eigenvalue weighted by molar-refractivity contribution is -0.220. The number of hydrogen-bond acceptors (Lipinski definition) is 11. The summed E-state index contributed by atoms with van der Waals surface area (Å²) >= 11 is 0. The van der Waals surface area contributed by atoms with Crippen LogP contribution in [0.5, 0.6) is 0 Å². The van der Waals surface area contributed by atoms with Crippen LogP contribution in [0.4, 0.5) is 0 Å². The topological polar surface area (TPSA) is 226 Å². The number of phosphoric acid groups is 1. The molecule has 0 heterocycles. The van der Waals surface area contributed by atoms with Gasteiger partial charge in [-0.15, -0.1) is 0 Å². The zero-order chi connectivity index (χ0) is 48.0. The number of aliphatic hydroxyl groups excluding tert-OH is 7. The van der Waals surface area contributed by atoms with E-state index in [1.54, 1.807) is 6.08 Å². The standard InChI is InChI=1S/C51H100NO12P/c1-3-5-7-9-11-13-15-17-19-20-21-22-23-25-27-29-31-33-35-37-39-44(54)43(41-63-65(61,62)64-51-49(59)47(57)46(56)48(58)50(51)60)52-45(55)40-42(53)38-36-34-32-30-28-26-24-18-16-14-12-10-8-6-4-2/h37,39,42-44,46-51,53-54,56-60H,3-36,38,40-41H2,1-2H3,(H,52,55)(H,61,62)/b39-37+. The van der Waals surface area contributed by atoms with Crippen molar-refractivity contribution < 1.29 is 59.0 Å². The fourth-order valence-corrected chi connectivity index (χ4v) is 9.74. The molecule has 1 aliphatic rings. The lowest BCUT2D eigenvalue weighted by atomic mass is 9.85. The Morgan fingerprint density at radius 2 is 0.877 bits per heavy atom. The first-order valence-corrected chi connectivity index (χ1v) is 28.2. The van der Waals surface area contributed by atoms with Crippen LogP contribution < -0.4 is 5.32 Å². The number of carbonyl (C=O) groups is 1. The molecule has 386 valence electrons. The Balaban J connectivity index is 2.47. The molecule has 14 heteroatoms. The predicted molar refractivity (Wildman–Crippen MR) is 261 cm³/mol. The molecule has 1 fully saturated rings. The van der Waals surface area contributed by atoms with Gasteiger partial charge in [-0.3, -0.25) is 13.8 Å². The average Bonchev–Trinajstić information content (AvgIpc) is 3.28. The summed E-state index contributed by atoms with van der Waals surface area (Å²) in [5.74, 6) is -0.588. The Hall–Kier alpha value is -0.960. The molecule has 1 amide bonds. The molecule has 8 unspecified atom stereocenters. The normalized spacial score (nSPS) is 22.6. The van der Waals surface area contributed by atoms with E-state index in [-0.39, 0.29) is 6.42 Å². The molecule has 1 aliphatic carbocycles. The minimum absolute atomic E-state index is 0.239. The maximum atomic E-state index is 13.0. The first-order valence-electron chi connectivity index (χ1n) is 26.7. The molecule has 0 radical (unpaired) electrons. The van der Waals surface area contributed by atoms with Crippen molar-refractivity contribution >= 4 is 13.7 Å². The number of rotatable bonds is 45. The van der Waals surface area contributed by atoms with Crippen LogP contribution in [0, 0.1) is 0 Å². The molecular weight excluding hydrogens is 850 g/mol. The molecule has 0 aromatic carbocycles. The van der Waals surface area contributed by atoms with Gasteiger partial charge in [0.05, 0.1) is 31.3 Å². The highest BCUT2D eigenvalue weighted by Gasteiger charge is 2.51. The second-order valence-electron chi connectivity index (χ2n) is 19.3. The predicted octanol–water partition coefficient (Wildman–Crippen LogP) is 10.2. The SMILES string of the molecule is CCCCCCCCCCCCCCCCCCCC/C=C/C(O)C(COP(=O)(O)OC1C(O)C(O)C(O)C(O)C1O)NC(=O)CC(O)CCCCCCCCCCCCCCCCC. The highest BCUT2D eigenvalue weighted by Crippen LogP contribution is 2.47. The molecule has 13 nitrogen and oxygen atoms in total. The third-order valence-electron chi connectivity index (χ3n) is 13.1. The summed E-state index contributed by atoms with van der Waals surface area (Å²) in [4.78, 5) is 23.5. The molecule has 0 saturated heterocycles. The molecule has 9 N–H and O–H groups in total. The molecule has 0 aliphatic heterocycles. The van der Waals surface area contributed by atoms with Crippen LogP contribution in [0.1, 0.15) is 245 Å². The van der Waals surface area contributed by atoms with E-state index in [0.29, 0.717) is 12.8 Å². The lowest BCUT2D eigenvalue weighted by Gasteiger charge is -2.41. The van der Waals surface area contributed by atoms with Crippen molar-refractivity contribution in [1.82, 2.24) is 5.32 Å². The van der Waals surface area contributed by atoms with E-state index in [1.807, 2.05) is 0 Å². The average molecular weight is 950 g/mol. The largest absolute Gasteiger partial charge is 0.472 e. The number of unbranched alkanes of at least 4 members (excludes halogenated alkanes) is 32. The fourth-order valence-electron chi connectivity index (χ4n) is 8.77. The Kier molecular flexibility index (Phi) is 39.0. The summed E-state index contributed by atoms with van der Waals surface area (Å²) in [7, 11) is -5.14. The number of nitrogens with one attached hydrogen (secondary N) is 1. The zero-order valence-corrected chi connectivity index (χ0v) is 42.1. The Morgan fingerprint density at radius 1 is 0.538 bits per heavy atom. The van der Waals surface area contributed by atoms with Gasteiger partial charge in [0.2, 0.25) is 5.91 Å². The van der Waals surface area contributed by atoms with E-state index in [9.17, 15) is 50.0 Å². The summed E-state index contributed by atoms with van der Waals surface area (Å²) < 4.78 is 23.0. The van der Waals surface area contributed by atoms with Gasteiger partial charge in [-0.1, -0.05) is 231 Å². The molecule has 65 heavy (non-hydrogen) atoms. The molecule has 1 saturated carbocycles.